The molecule has 0 saturated heterocycles. The minimum Gasteiger partial charge on any atom is -0.386 e. The first-order valence-corrected chi connectivity index (χ1v) is 3.92. The lowest BCUT2D eigenvalue weighted by Gasteiger charge is -2.09. The van der Waals surface area contributed by atoms with E-state index in [1.165, 1.54) is 18.2 Å². The maximum Gasteiger partial charge on any atom is 0.574 e. The lowest BCUT2D eigenvalue weighted by molar-refractivity contribution is -0.276. The summed E-state index contributed by atoms with van der Waals surface area (Å²) in [5.41, 5.74) is -1.51. The third kappa shape index (κ3) is 2.83. The van der Waals surface area contributed by atoms with Crippen LogP contribution in [-0.2, 0) is 0 Å². The Balaban J connectivity index is 3.44. The summed E-state index contributed by atoms with van der Waals surface area (Å²) in [5.74, 6) is -1.10. The number of hydrogen-bond donors (Lipinski definition) is 0. The number of nitriles is 3. The van der Waals surface area contributed by atoms with Crippen molar-refractivity contribution in [2.24, 2.45) is 0 Å². The smallest absolute Gasteiger partial charge is 0.386 e. The molecule has 0 bridgehead atoms. The van der Waals surface area contributed by atoms with E-state index in [-0.39, 0.29) is 0 Å². The zero-order chi connectivity index (χ0) is 13.1. The summed E-state index contributed by atoms with van der Waals surface area (Å²) in [5, 5.41) is 25.7. The van der Waals surface area contributed by atoms with Crippen LogP contribution < -0.4 is 4.74 Å². The Kier molecular flexibility index (Phi) is 3.16. The molecule has 5 nitrogen and oxygen atoms in total. The third-order valence-corrected chi connectivity index (χ3v) is 1.55. The summed E-state index contributed by atoms with van der Waals surface area (Å²) in [6.45, 7) is 0. The van der Waals surface area contributed by atoms with Gasteiger partial charge in [-0.15, -0.1) is 13.2 Å². The molecule has 0 radical (unpaired) electrons. The molecule has 0 saturated carbocycles. The molecule has 1 heterocycles. The average Bonchev–Trinajstić information content (AvgIpc) is 2.25. The fraction of sp³-hybridized carbons (Fsp3) is 0.111. The van der Waals surface area contributed by atoms with E-state index in [9.17, 15) is 13.2 Å². The Morgan fingerprint density at radius 2 is 1.76 bits per heavy atom. The van der Waals surface area contributed by atoms with Crippen LogP contribution in [0.3, 0.4) is 0 Å². The molecule has 1 aromatic heterocycles. The first kappa shape index (κ1) is 12.3. The number of halogens is 3. The van der Waals surface area contributed by atoms with Gasteiger partial charge < -0.3 is 4.74 Å². The van der Waals surface area contributed by atoms with E-state index >= 15 is 0 Å². The topological polar surface area (TPSA) is 93.5 Å². The average molecular weight is 238 g/mol. The molecule has 0 fully saturated rings. The van der Waals surface area contributed by atoms with Crippen molar-refractivity contribution in [2.45, 2.75) is 6.36 Å². The van der Waals surface area contributed by atoms with Crippen LogP contribution in [0.5, 0.6) is 5.88 Å². The second-order valence-electron chi connectivity index (χ2n) is 2.62. The van der Waals surface area contributed by atoms with Crippen molar-refractivity contribution in [1.82, 2.24) is 4.98 Å². The number of nitrogens with zero attached hydrogens (tertiary/aromatic N) is 4. The van der Waals surface area contributed by atoms with Crippen molar-refractivity contribution in [3.05, 3.63) is 22.9 Å². The number of ether oxygens (including phenoxy) is 1. The van der Waals surface area contributed by atoms with Crippen LogP contribution in [0, 0.1) is 34.0 Å². The van der Waals surface area contributed by atoms with E-state index in [4.69, 9.17) is 15.8 Å². The normalized spacial score (nSPS) is 9.88. The second kappa shape index (κ2) is 4.38. The first-order chi connectivity index (χ1) is 7.91. The monoisotopic (exact) mass is 238 g/mol. The van der Waals surface area contributed by atoms with Gasteiger partial charge in [-0.2, -0.15) is 15.8 Å². The molecule has 0 aliphatic carbocycles. The van der Waals surface area contributed by atoms with Crippen LogP contribution in [0.2, 0.25) is 0 Å². The lowest BCUT2D eigenvalue weighted by Crippen LogP contribution is -2.19. The maximum atomic E-state index is 12.0. The first-order valence-electron chi connectivity index (χ1n) is 3.92. The van der Waals surface area contributed by atoms with E-state index in [2.05, 4.69) is 9.72 Å². The fourth-order valence-corrected chi connectivity index (χ4v) is 0.959. The second-order valence-corrected chi connectivity index (χ2v) is 2.62. The highest BCUT2D eigenvalue weighted by Crippen LogP contribution is 2.26. The van der Waals surface area contributed by atoms with Crippen LogP contribution in [-0.4, -0.2) is 11.3 Å². The molecule has 0 aromatic carbocycles. The van der Waals surface area contributed by atoms with Crippen LogP contribution >= 0.6 is 0 Å². The number of hydrogen-bond acceptors (Lipinski definition) is 5. The molecule has 84 valence electrons. The zero-order valence-corrected chi connectivity index (χ0v) is 7.91. The number of aromatic nitrogens is 1. The molecule has 8 heteroatoms. The molecule has 17 heavy (non-hydrogen) atoms. The Bertz CT molecular complexity index is 574. The van der Waals surface area contributed by atoms with Gasteiger partial charge in [-0.3, -0.25) is 0 Å². The Labute approximate surface area is 92.9 Å². The molecule has 0 unspecified atom stereocenters. The molecule has 0 N–H and O–H groups in total. The Morgan fingerprint density at radius 1 is 1.12 bits per heavy atom. The summed E-state index contributed by atoms with van der Waals surface area (Å²) in [6.07, 6.45) is -5.06. The summed E-state index contributed by atoms with van der Waals surface area (Å²) in [6, 6.07) is 5.22. The van der Waals surface area contributed by atoms with Gasteiger partial charge in [0.2, 0.25) is 5.88 Å². The quantitative estimate of drug-likeness (QED) is 0.740. The molecule has 1 rings (SSSR count). The zero-order valence-electron chi connectivity index (χ0n) is 7.91. The van der Waals surface area contributed by atoms with E-state index < -0.39 is 29.1 Å². The summed E-state index contributed by atoms with van der Waals surface area (Å²) in [4.78, 5) is 3.18. The molecule has 0 amide bonds. The van der Waals surface area contributed by atoms with Gasteiger partial charge in [-0.1, -0.05) is 0 Å². The van der Waals surface area contributed by atoms with Crippen LogP contribution in [0.4, 0.5) is 13.2 Å². The fourth-order valence-electron chi connectivity index (χ4n) is 0.959. The SMILES string of the molecule is N#Cc1cc(C#N)c(C#N)c(OC(F)(F)F)n1. The number of alkyl halides is 3. The van der Waals surface area contributed by atoms with Crippen molar-refractivity contribution >= 4 is 0 Å². The predicted octanol–water partition coefficient (Wildman–Crippen LogP) is 1.60. The highest BCUT2D eigenvalue weighted by molar-refractivity contribution is 5.53. The summed E-state index contributed by atoms with van der Waals surface area (Å²) in [7, 11) is 0. The van der Waals surface area contributed by atoms with Crippen LogP contribution in [0.1, 0.15) is 16.8 Å². The van der Waals surface area contributed by atoms with Gasteiger partial charge in [0, 0.05) is 0 Å². The van der Waals surface area contributed by atoms with Crippen molar-refractivity contribution in [2.75, 3.05) is 0 Å². The minimum absolute atomic E-state index is 0.404. The van der Waals surface area contributed by atoms with Crippen molar-refractivity contribution in [1.29, 1.82) is 15.8 Å². The lowest BCUT2D eigenvalue weighted by atomic mass is 10.1. The summed E-state index contributed by atoms with van der Waals surface area (Å²) >= 11 is 0. The van der Waals surface area contributed by atoms with Crippen molar-refractivity contribution in [3.8, 4) is 24.1 Å². The van der Waals surface area contributed by atoms with E-state index in [1.54, 1.807) is 0 Å². The highest BCUT2D eigenvalue weighted by Gasteiger charge is 2.34. The molecular weight excluding hydrogens is 237 g/mol. The molecule has 0 atom stereocenters. The van der Waals surface area contributed by atoms with Gasteiger partial charge in [-0.05, 0) is 6.07 Å². The molecule has 0 spiro atoms. The van der Waals surface area contributed by atoms with Crippen molar-refractivity contribution in [3.63, 3.8) is 0 Å². The highest BCUT2D eigenvalue weighted by atomic mass is 19.4. The van der Waals surface area contributed by atoms with Gasteiger partial charge in [0.25, 0.3) is 0 Å². The maximum absolute atomic E-state index is 12.0. The minimum atomic E-state index is -5.06. The summed E-state index contributed by atoms with van der Waals surface area (Å²) < 4.78 is 39.4. The van der Waals surface area contributed by atoms with Gasteiger partial charge in [0.05, 0.1) is 5.56 Å². The van der Waals surface area contributed by atoms with E-state index in [0.717, 1.165) is 6.07 Å². The number of pyridine rings is 1. The largest absolute Gasteiger partial charge is 0.574 e. The number of rotatable bonds is 1. The standard InChI is InChI=1S/C9HF3N4O/c10-9(11,12)17-8-7(4-15)5(2-13)1-6(3-14)16-8/h1H. The molecule has 0 aliphatic heterocycles. The van der Waals surface area contributed by atoms with Gasteiger partial charge >= 0.3 is 6.36 Å². The Hall–Kier alpha value is -2.79. The van der Waals surface area contributed by atoms with Crippen LogP contribution in [0.15, 0.2) is 6.07 Å². The van der Waals surface area contributed by atoms with E-state index in [1.807, 2.05) is 0 Å². The van der Waals surface area contributed by atoms with Gasteiger partial charge in [-0.25, -0.2) is 4.98 Å². The molecule has 1 aromatic rings. The van der Waals surface area contributed by atoms with Gasteiger partial charge in [0.15, 0.2) is 0 Å². The van der Waals surface area contributed by atoms with Crippen LogP contribution in [0.25, 0.3) is 0 Å². The van der Waals surface area contributed by atoms with E-state index in [0.29, 0.717) is 0 Å². The molecular formula is C9HF3N4O. The third-order valence-electron chi connectivity index (χ3n) is 1.55. The van der Waals surface area contributed by atoms with Gasteiger partial charge in [0.1, 0.15) is 29.5 Å². The van der Waals surface area contributed by atoms with Crippen molar-refractivity contribution < 1.29 is 17.9 Å². The Morgan fingerprint density at radius 3 is 2.18 bits per heavy atom. The predicted molar refractivity (Wildman–Crippen MR) is 45.1 cm³/mol. The molecule has 0 aliphatic rings.